The van der Waals surface area contributed by atoms with Crippen LogP contribution < -0.4 is 5.32 Å². The summed E-state index contributed by atoms with van der Waals surface area (Å²) in [6, 6.07) is 6.08. The number of nitrogens with zero attached hydrogens (tertiary/aromatic N) is 2. The summed E-state index contributed by atoms with van der Waals surface area (Å²) in [4.78, 5) is 24.4. The first-order chi connectivity index (χ1) is 9.61. The molecule has 0 saturated carbocycles. The van der Waals surface area contributed by atoms with E-state index in [0.717, 1.165) is 19.5 Å². The molecule has 1 N–H and O–H groups in total. The normalized spacial score (nSPS) is 18.9. The maximum absolute atomic E-state index is 12.0. The van der Waals surface area contributed by atoms with Crippen LogP contribution in [0.4, 0.5) is 5.69 Å². The number of likely N-dealkylation sites (tertiary alicyclic amines) is 1. The summed E-state index contributed by atoms with van der Waals surface area (Å²) in [6.45, 7) is 4.84. The molecule has 108 valence electrons. The summed E-state index contributed by atoms with van der Waals surface area (Å²) < 4.78 is 0. The lowest BCUT2D eigenvalue weighted by Gasteiger charge is -2.22. The predicted octanol–water partition coefficient (Wildman–Crippen LogP) is 1.81. The molecule has 1 amide bonds. The molecular formula is C14H19N3O3. The fourth-order valence-electron chi connectivity index (χ4n) is 2.59. The van der Waals surface area contributed by atoms with Crippen LogP contribution >= 0.6 is 0 Å². The van der Waals surface area contributed by atoms with Crippen LogP contribution in [0.25, 0.3) is 0 Å². The molecule has 1 aromatic carbocycles. The average Bonchev–Trinajstić information content (AvgIpc) is 2.92. The van der Waals surface area contributed by atoms with E-state index in [2.05, 4.69) is 17.1 Å². The Morgan fingerprint density at radius 2 is 2.15 bits per heavy atom. The van der Waals surface area contributed by atoms with Gasteiger partial charge in [0.1, 0.15) is 0 Å². The van der Waals surface area contributed by atoms with Gasteiger partial charge in [0.2, 0.25) is 0 Å². The number of benzene rings is 1. The van der Waals surface area contributed by atoms with Crippen molar-refractivity contribution in [3.05, 3.63) is 39.9 Å². The van der Waals surface area contributed by atoms with E-state index in [1.807, 2.05) is 0 Å². The van der Waals surface area contributed by atoms with E-state index < -0.39 is 4.92 Å². The smallest absolute Gasteiger partial charge is 0.269 e. The zero-order valence-electron chi connectivity index (χ0n) is 11.5. The Morgan fingerprint density at radius 3 is 2.75 bits per heavy atom. The second kappa shape index (κ2) is 6.47. The third kappa shape index (κ3) is 3.33. The van der Waals surface area contributed by atoms with Gasteiger partial charge in [-0.2, -0.15) is 0 Å². The van der Waals surface area contributed by atoms with Gasteiger partial charge in [-0.3, -0.25) is 19.8 Å². The van der Waals surface area contributed by atoms with Crippen molar-refractivity contribution in [1.29, 1.82) is 0 Å². The molecule has 1 saturated heterocycles. The van der Waals surface area contributed by atoms with E-state index in [1.165, 1.54) is 30.7 Å². The summed E-state index contributed by atoms with van der Waals surface area (Å²) in [5, 5.41) is 13.5. The number of nitrogens with one attached hydrogen (secondary N) is 1. The number of nitro groups is 1. The summed E-state index contributed by atoms with van der Waals surface area (Å²) in [5.41, 5.74) is 0.450. The van der Waals surface area contributed by atoms with Crippen molar-refractivity contribution in [3.8, 4) is 0 Å². The highest BCUT2D eigenvalue weighted by Crippen LogP contribution is 2.16. The largest absolute Gasteiger partial charge is 0.350 e. The van der Waals surface area contributed by atoms with Crippen LogP contribution in [-0.4, -0.2) is 41.4 Å². The van der Waals surface area contributed by atoms with Gasteiger partial charge in [0, 0.05) is 30.3 Å². The summed E-state index contributed by atoms with van der Waals surface area (Å²) in [5.74, 6) is -0.178. The van der Waals surface area contributed by atoms with Gasteiger partial charge in [-0.25, -0.2) is 0 Å². The molecule has 0 bridgehead atoms. The van der Waals surface area contributed by atoms with Gasteiger partial charge in [-0.1, -0.05) is 6.92 Å². The average molecular weight is 277 g/mol. The first kappa shape index (κ1) is 14.5. The highest BCUT2D eigenvalue weighted by molar-refractivity contribution is 5.94. The Morgan fingerprint density at radius 1 is 1.45 bits per heavy atom. The first-order valence-corrected chi connectivity index (χ1v) is 6.88. The standard InChI is InChI=1S/C14H19N3O3/c1-2-16-9-3-4-13(16)10-15-14(18)11-5-7-12(8-6-11)17(19)20/h5-8,13H,2-4,9-10H2,1H3,(H,15,18)/t13-/m1/s1. The maximum atomic E-state index is 12.0. The van der Waals surface area contributed by atoms with Crippen LogP contribution in [0.3, 0.4) is 0 Å². The first-order valence-electron chi connectivity index (χ1n) is 6.88. The van der Waals surface area contributed by atoms with E-state index in [4.69, 9.17) is 0 Å². The van der Waals surface area contributed by atoms with Crippen molar-refractivity contribution in [2.75, 3.05) is 19.6 Å². The van der Waals surface area contributed by atoms with Crippen molar-refractivity contribution in [1.82, 2.24) is 10.2 Å². The van der Waals surface area contributed by atoms with Gasteiger partial charge < -0.3 is 5.32 Å². The van der Waals surface area contributed by atoms with E-state index in [1.54, 1.807) is 0 Å². The van der Waals surface area contributed by atoms with E-state index in [0.29, 0.717) is 18.2 Å². The van der Waals surface area contributed by atoms with Crippen molar-refractivity contribution in [3.63, 3.8) is 0 Å². The number of non-ortho nitro benzene ring substituents is 1. The van der Waals surface area contributed by atoms with Crippen molar-refractivity contribution in [2.45, 2.75) is 25.8 Å². The number of carbonyl (C=O) groups excluding carboxylic acids is 1. The predicted molar refractivity (Wildman–Crippen MR) is 75.7 cm³/mol. The molecule has 2 rings (SSSR count). The molecule has 1 atom stereocenters. The number of hydrogen-bond donors (Lipinski definition) is 1. The molecule has 1 aliphatic rings. The third-order valence-electron chi connectivity index (χ3n) is 3.74. The fraction of sp³-hybridized carbons (Fsp3) is 0.500. The van der Waals surface area contributed by atoms with Crippen LogP contribution in [0.5, 0.6) is 0 Å². The Kier molecular flexibility index (Phi) is 4.68. The molecule has 0 spiro atoms. The van der Waals surface area contributed by atoms with Gasteiger partial charge in [0.25, 0.3) is 11.6 Å². The Bertz CT molecular complexity index is 487. The van der Waals surface area contributed by atoms with Gasteiger partial charge in [0.15, 0.2) is 0 Å². The molecule has 0 unspecified atom stereocenters. The molecule has 20 heavy (non-hydrogen) atoms. The number of likely N-dealkylation sites (N-methyl/N-ethyl adjacent to an activating group) is 1. The lowest BCUT2D eigenvalue weighted by molar-refractivity contribution is -0.384. The lowest BCUT2D eigenvalue weighted by atomic mass is 10.1. The van der Waals surface area contributed by atoms with Crippen molar-refractivity contribution in [2.24, 2.45) is 0 Å². The number of amides is 1. The fourth-order valence-corrected chi connectivity index (χ4v) is 2.59. The molecule has 6 heteroatoms. The Hall–Kier alpha value is -1.95. The van der Waals surface area contributed by atoms with Gasteiger partial charge in [0.05, 0.1) is 4.92 Å². The summed E-state index contributed by atoms with van der Waals surface area (Å²) in [6.07, 6.45) is 2.28. The minimum Gasteiger partial charge on any atom is -0.350 e. The number of hydrogen-bond acceptors (Lipinski definition) is 4. The molecule has 6 nitrogen and oxygen atoms in total. The van der Waals surface area contributed by atoms with Crippen LogP contribution in [-0.2, 0) is 0 Å². The number of carbonyl (C=O) groups is 1. The zero-order valence-corrected chi connectivity index (χ0v) is 11.5. The molecule has 1 fully saturated rings. The molecule has 0 radical (unpaired) electrons. The molecule has 1 heterocycles. The monoisotopic (exact) mass is 277 g/mol. The lowest BCUT2D eigenvalue weighted by Crippen LogP contribution is -2.40. The molecular weight excluding hydrogens is 258 g/mol. The quantitative estimate of drug-likeness (QED) is 0.658. The van der Waals surface area contributed by atoms with Crippen LogP contribution in [0, 0.1) is 10.1 Å². The summed E-state index contributed by atoms with van der Waals surface area (Å²) in [7, 11) is 0. The number of rotatable bonds is 5. The molecule has 0 aliphatic carbocycles. The van der Waals surface area contributed by atoms with E-state index >= 15 is 0 Å². The van der Waals surface area contributed by atoms with Crippen LogP contribution in [0.2, 0.25) is 0 Å². The van der Waals surface area contributed by atoms with Crippen LogP contribution in [0.1, 0.15) is 30.1 Å². The summed E-state index contributed by atoms with van der Waals surface area (Å²) >= 11 is 0. The van der Waals surface area contributed by atoms with Gasteiger partial charge in [-0.05, 0) is 38.1 Å². The van der Waals surface area contributed by atoms with Crippen molar-refractivity contribution >= 4 is 11.6 Å². The van der Waals surface area contributed by atoms with Crippen LogP contribution in [0.15, 0.2) is 24.3 Å². The highest BCUT2D eigenvalue weighted by atomic mass is 16.6. The third-order valence-corrected chi connectivity index (χ3v) is 3.74. The van der Waals surface area contributed by atoms with Crippen molar-refractivity contribution < 1.29 is 9.72 Å². The highest BCUT2D eigenvalue weighted by Gasteiger charge is 2.23. The SMILES string of the molecule is CCN1CCC[C@@H]1CNC(=O)c1ccc([N+](=O)[O-])cc1. The van der Waals surface area contributed by atoms with Gasteiger partial charge >= 0.3 is 0 Å². The van der Waals surface area contributed by atoms with Gasteiger partial charge in [-0.15, -0.1) is 0 Å². The molecule has 1 aliphatic heterocycles. The minimum atomic E-state index is -0.473. The Labute approximate surface area is 117 Å². The zero-order chi connectivity index (χ0) is 14.5. The van der Waals surface area contributed by atoms with E-state index in [-0.39, 0.29) is 11.6 Å². The molecule has 0 aromatic heterocycles. The van der Waals surface area contributed by atoms with E-state index in [9.17, 15) is 14.9 Å². The minimum absolute atomic E-state index is 0.00509. The number of nitro benzene ring substituents is 1. The maximum Gasteiger partial charge on any atom is 0.269 e. The second-order valence-electron chi connectivity index (χ2n) is 4.94. The second-order valence-corrected chi connectivity index (χ2v) is 4.94. The Balaban J connectivity index is 1.90. The topological polar surface area (TPSA) is 75.5 Å². The molecule has 1 aromatic rings.